The number of rotatable bonds is 2. The fourth-order valence-corrected chi connectivity index (χ4v) is 1.75. The first-order chi connectivity index (χ1) is 5.24. The van der Waals surface area contributed by atoms with Crippen LogP contribution in [0.3, 0.4) is 0 Å². The molecule has 1 aliphatic rings. The zero-order chi connectivity index (χ0) is 8.27. The van der Waals surface area contributed by atoms with Gasteiger partial charge in [-0.15, -0.1) is 0 Å². The van der Waals surface area contributed by atoms with Crippen molar-refractivity contribution in [1.82, 2.24) is 0 Å². The Balaban J connectivity index is 2.39. The summed E-state index contributed by atoms with van der Waals surface area (Å²) >= 11 is 0. The zero-order valence-electron chi connectivity index (χ0n) is 7.05. The van der Waals surface area contributed by atoms with E-state index in [-0.39, 0.29) is 12.0 Å². The lowest BCUT2D eigenvalue weighted by atomic mass is 9.84. The summed E-state index contributed by atoms with van der Waals surface area (Å²) in [6.07, 6.45) is 3.99. The molecule has 0 unspecified atom stereocenters. The second-order valence-corrected chi connectivity index (χ2v) is 3.34. The second-order valence-electron chi connectivity index (χ2n) is 3.34. The average Bonchev–Trinajstić information content (AvgIpc) is 2.03. The Labute approximate surface area is 67.6 Å². The molecule has 0 spiro atoms. The minimum Gasteiger partial charge on any atom is -0.393 e. The Morgan fingerprint density at radius 1 is 1.55 bits per heavy atom. The number of hydrogen-bond acceptors (Lipinski definition) is 2. The van der Waals surface area contributed by atoms with E-state index in [0.717, 1.165) is 19.3 Å². The molecule has 0 aliphatic heterocycles. The number of aliphatic hydroxyl groups is 1. The van der Waals surface area contributed by atoms with Crippen LogP contribution in [0.2, 0.25) is 0 Å². The van der Waals surface area contributed by atoms with Crippen LogP contribution in [0.4, 0.5) is 0 Å². The lowest BCUT2D eigenvalue weighted by Gasteiger charge is -2.24. The number of ketones is 1. The summed E-state index contributed by atoms with van der Waals surface area (Å²) in [6.45, 7) is 1.89. The summed E-state index contributed by atoms with van der Waals surface area (Å²) in [4.78, 5) is 11.2. The smallest absolute Gasteiger partial charge is 0.135 e. The minimum atomic E-state index is -0.218. The van der Waals surface area contributed by atoms with Crippen molar-refractivity contribution in [2.75, 3.05) is 0 Å². The summed E-state index contributed by atoms with van der Waals surface area (Å²) in [5.74, 6) is 0.479. The van der Waals surface area contributed by atoms with Gasteiger partial charge in [-0.25, -0.2) is 0 Å². The van der Waals surface area contributed by atoms with Gasteiger partial charge in [0.2, 0.25) is 0 Å². The van der Waals surface area contributed by atoms with Crippen LogP contribution in [0.15, 0.2) is 0 Å². The van der Waals surface area contributed by atoms with Gasteiger partial charge in [0.25, 0.3) is 0 Å². The Morgan fingerprint density at radius 2 is 2.27 bits per heavy atom. The minimum absolute atomic E-state index is 0.156. The predicted molar refractivity (Wildman–Crippen MR) is 43.3 cm³/mol. The van der Waals surface area contributed by atoms with Gasteiger partial charge in [0.05, 0.1) is 6.10 Å². The lowest BCUT2D eigenvalue weighted by Crippen LogP contribution is -2.25. The molecule has 0 aromatic carbocycles. The van der Waals surface area contributed by atoms with Gasteiger partial charge in [0.15, 0.2) is 0 Å². The molecular weight excluding hydrogens is 140 g/mol. The summed E-state index contributed by atoms with van der Waals surface area (Å²) in [5.41, 5.74) is 0. The second kappa shape index (κ2) is 3.86. The van der Waals surface area contributed by atoms with Crippen LogP contribution in [-0.2, 0) is 4.79 Å². The van der Waals surface area contributed by atoms with Gasteiger partial charge < -0.3 is 5.11 Å². The molecule has 1 saturated carbocycles. The van der Waals surface area contributed by atoms with Crippen molar-refractivity contribution in [3.63, 3.8) is 0 Å². The molecule has 0 bridgehead atoms. The van der Waals surface area contributed by atoms with Crippen LogP contribution in [-0.4, -0.2) is 17.0 Å². The van der Waals surface area contributed by atoms with E-state index in [1.54, 1.807) is 0 Å². The molecule has 0 heterocycles. The van der Waals surface area contributed by atoms with E-state index in [2.05, 4.69) is 0 Å². The number of aliphatic hydroxyl groups excluding tert-OH is 1. The van der Waals surface area contributed by atoms with Crippen molar-refractivity contribution in [3.05, 3.63) is 0 Å². The van der Waals surface area contributed by atoms with Gasteiger partial charge >= 0.3 is 0 Å². The van der Waals surface area contributed by atoms with E-state index in [9.17, 15) is 9.90 Å². The third kappa shape index (κ3) is 2.29. The highest BCUT2D eigenvalue weighted by Crippen LogP contribution is 2.25. The molecule has 1 N–H and O–H groups in total. The normalized spacial score (nSPS) is 31.8. The SMILES string of the molecule is CCC(=O)[C@H]1CCC[C@@H](O)C1. The zero-order valence-corrected chi connectivity index (χ0v) is 7.05. The molecule has 0 amide bonds. The highest BCUT2D eigenvalue weighted by Gasteiger charge is 2.24. The standard InChI is InChI=1S/C9H16O2/c1-2-9(11)7-4-3-5-8(10)6-7/h7-8,10H,2-6H2,1H3/t7-,8+/m0/s1. The van der Waals surface area contributed by atoms with Crippen LogP contribution < -0.4 is 0 Å². The van der Waals surface area contributed by atoms with Crippen LogP contribution in [0.5, 0.6) is 0 Å². The molecule has 1 rings (SSSR count). The molecule has 1 fully saturated rings. The molecule has 0 aromatic rings. The van der Waals surface area contributed by atoms with Crippen molar-refractivity contribution in [1.29, 1.82) is 0 Å². The molecule has 1 aliphatic carbocycles. The van der Waals surface area contributed by atoms with E-state index < -0.39 is 0 Å². The number of hydrogen-bond donors (Lipinski definition) is 1. The van der Waals surface area contributed by atoms with Gasteiger partial charge in [0, 0.05) is 12.3 Å². The van der Waals surface area contributed by atoms with Crippen molar-refractivity contribution in [3.8, 4) is 0 Å². The number of carbonyl (C=O) groups is 1. The third-order valence-electron chi connectivity index (χ3n) is 2.45. The first-order valence-electron chi connectivity index (χ1n) is 4.44. The summed E-state index contributed by atoms with van der Waals surface area (Å²) in [6, 6.07) is 0. The van der Waals surface area contributed by atoms with E-state index in [0.29, 0.717) is 18.6 Å². The summed E-state index contributed by atoms with van der Waals surface area (Å²) < 4.78 is 0. The number of carbonyl (C=O) groups excluding carboxylic acids is 1. The highest BCUT2D eigenvalue weighted by molar-refractivity contribution is 5.80. The Morgan fingerprint density at radius 3 is 2.82 bits per heavy atom. The first-order valence-corrected chi connectivity index (χ1v) is 4.44. The van der Waals surface area contributed by atoms with E-state index in [1.807, 2.05) is 6.92 Å². The highest BCUT2D eigenvalue weighted by atomic mass is 16.3. The van der Waals surface area contributed by atoms with Crippen molar-refractivity contribution >= 4 is 5.78 Å². The fourth-order valence-electron chi connectivity index (χ4n) is 1.75. The maximum atomic E-state index is 11.2. The Bertz CT molecular complexity index is 142. The van der Waals surface area contributed by atoms with Gasteiger partial charge in [-0.2, -0.15) is 0 Å². The lowest BCUT2D eigenvalue weighted by molar-refractivity contribution is -0.124. The van der Waals surface area contributed by atoms with Crippen LogP contribution in [0.1, 0.15) is 39.0 Å². The van der Waals surface area contributed by atoms with E-state index >= 15 is 0 Å². The summed E-state index contributed by atoms with van der Waals surface area (Å²) in [5, 5.41) is 9.27. The molecule has 0 radical (unpaired) electrons. The van der Waals surface area contributed by atoms with E-state index in [1.165, 1.54) is 0 Å². The Hall–Kier alpha value is -0.370. The largest absolute Gasteiger partial charge is 0.393 e. The third-order valence-corrected chi connectivity index (χ3v) is 2.45. The molecule has 0 saturated heterocycles. The van der Waals surface area contributed by atoms with Crippen LogP contribution in [0.25, 0.3) is 0 Å². The van der Waals surface area contributed by atoms with Crippen molar-refractivity contribution in [2.24, 2.45) is 5.92 Å². The van der Waals surface area contributed by atoms with Crippen LogP contribution in [0, 0.1) is 5.92 Å². The number of Topliss-reactive ketones (excluding diaryl/α,β-unsaturated/α-hetero) is 1. The quantitative estimate of drug-likeness (QED) is 0.658. The molecular formula is C9H16O2. The monoisotopic (exact) mass is 156 g/mol. The topological polar surface area (TPSA) is 37.3 Å². The van der Waals surface area contributed by atoms with Gasteiger partial charge in [-0.3, -0.25) is 4.79 Å². The molecule has 0 aromatic heterocycles. The van der Waals surface area contributed by atoms with Gasteiger partial charge in [-0.05, 0) is 19.3 Å². The van der Waals surface area contributed by atoms with E-state index in [4.69, 9.17) is 0 Å². The van der Waals surface area contributed by atoms with Crippen molar-refractivity contribution in [2.45, 2.75) is 45.1 Å². The maximum Gasteiger partial charge on any atom is 0.135 e. The molecule has 2 nitrogen and oxygen atoms in total. The van der Waals surface area contributed by atoms with Gasteiger partial charge in [-0.1, -0.05) is 13.3 Å². The molecule has 2 atom stereocenters. The molecule has 11 heavy (non-hydrogen) atoms. The summed E-state index contributed by atoms with van der Waals surface area (Å²) in [7, 11) is 0. The average molecular weight is 156 g/mol. The van der Waals surface area contributed by atoms with Gasteiger partial charge in [0.1, 0.15) is 5.78 Å². The molecule has 64 valence electrons. The first kappa shape index (κ1) is 8.72. The Kier molecular flexibility index (Phi) is 3.06. The predicted octanol–water partition coefficient (Wildman–Crippen LogP) is 1.52. The molecule has 2 heteroatoms. The van der Waals surface area contributed by atoms with Crippen LogP contribution >= 0.6 is 0 Å². The van der Waals surface area contributed by atoms with Crippen molar-refractivity contribution < 1.29 is 9.90 Å². The maximum absolute atomic E-state index is 11.2. The fraction of sp³-hybridized carbons (Fsp3) is 0.889.